The Balaban J connectivity index is 1.62. The van der Waals surface area contributed by atoms with Crippen LogP contribution in [-0.2, 0) is 14.4 Å². The maximum absolute atomic E-state index is 12.4. The molecule has 1 aromatic rings. The van der Waals surface area contributed by atoms with Crippen LogP contribution >= 0.6 is 11.8 Å². The highest BCUT2D eigenvalue weighted by Crippen LogP contribution is 2.32. The number of carbonyl (C=O) groups is 4. The molecule has 136 valence electrons. The maximum atomic E-state index is 12.4. The Bertz CT molecular complexity index is 769. The molecule has 0 bridgehead atoms. The Morgan fingerprint density at radius 3 is 2.42 bits per heavy atom. The highest BCUT2D eigenvalue weighted by molar-refractivity contribution is 8.18. The number of hydrogen-bond acceptors (Lipinski definition) is 6. The molecule has 0 aliphatic carbocycles. The van der Waals surface area contributed by atoms with Crippen LogP contribution in [0.15, 0.2) is 35.2 Å². The van der Waals surface area contributed by atoms with Crippen molar-refractivity contribution in [2.75, 3.05) is 19.6 Å². The van der Waals surface area contributed by atoms with Crippen molar-refractivity contribution in [3.05, 3.63) is 40.8 Å². The summed E-state index contributed by atoms with van der Waals surface area (Å²) in [6.45, 7) is 0.244. The number of piperidine rings is 1. The summed E-state index contributed by atoms with van der Waals surface area (Å²) in [6, 6.07) is 9.15. The SMILES string of the molecule is O=C([O-])C1CCN(C(=O)CN2C(=O)S/C(=C\c3ccccc3)C2=O)CC1. The lowest BCUT2D eigenvalue weighted by molar-refractivity contribution is -0.312. The first-order valence-electron chi connectivity index (χ1n) is 8.25. The summed E-state index contributed by atoms with van der Waals surface area (Å²) >= 11 is 0.811. The van der Waals surface area contributed by atoms with E-state index in [0.29, 0.717) is 12.8 Å². The van der Waals surface area contributed by atoms with Gasteiger partial charge in [-0.2, -0.15) is 0 Å². The van der Waals surface area contributed by atoms with E-state index >= 15 is 0 Å². The van der Waals surface area contributed by atoms with Gasteiger partial charge >= 0.3 is 0 Å². The molecule has 0 radical (unpaired) electrons. The van der Waals surface area contributed by atoms with Gasteiger partial charge in [0.1, 0.15) is 6.54 Å². The fourth-order valence-electron chi connectivity index (χ4n) is 2.94. The van der Waals surface area contributed by atoms with Crippen molar-refractivity contribution >= 4 is 40.9 Å². The van der Waals surface area contributed by atoms with Crippen LogP contribution in [0.5, 0.6) is 0 Å². The third-order valence-corrected chi connectivity index (χ3v) is 5.35. The van der Waals surface area contributed by atoms with Crippen molar-refractivity contribution in [2.24, 2.45) is 5.92 Å². The molecule has 2 aliphatic rings. The van der Waals surface area contributed by atoms with Gasteiger partial charge < -0.3 is 14.8 Å². The first-order chi connectivity index (χ1) is 12.5. The van der Waals surface area contributed by atoms with Crippen molar-refractivity contribution in [2.45, 2.75) is 12.8 Å². The molecule has 0 atom stereocenters. The number of carbonyl (C=O) groups excluding carboxylic acids is 4. The fraction of sp³-hybridized carbons (Fsp3) is 0.333. The van der Waals surface area contributed by atoms with E-state index in [0.717, 1.165) is 22.2 Å². The lowest BCUT2D eigenvalue weighted by Crippen LogP contribution is -2.47. The largest absolute Gasteiger partial charge is 0.550 e. The van der Waals surface area contributed by atoms with Gasteiger partial charge in [-0.25, -0.2) is 0 Å². The van der Waals surface area contributed by atoms with Gasteiger partial charge in [-0.15, -0.1) is 0 Å². The zero-order chi connectivity index (χ0) is 18.7. The van der Waals surface area contributed by atoms with E-state index in [1.54, 1.807) is 6.08 Å². The average Bonchev–Trinajstić information content (AvgIpc) is 2.90. The minimum Gasteiger partial charge on any atom is -0.550 e. The molecule has 0 saturated carbocycles. The summed E-state index contributed by atoms with van der Waals surface area (Å²) in [6.07, 6.45) is 2.27. The molecule has 3 rings (SSSR count). The van der Waals surface area contributed by atoms with Crippen molar-refractivity contribution in [3.8, 4) is 0 Å². The number of likely N-dealkylation sites (tertiary alicyclic amines) is 1. The van der Waals surface area contributed by atoms with Crippen molar-refractivity contribution < 1.29 is 24.3 Å². The second-order valence-electron chi connectivity index (χ2n) is 6.15. The van der Waals surface area contributed by atoms with Gasteiger partial charge in [0.25, 0.3) is 11.1 Å². The Hall–Kier alpha value is -2.61. The third-order valence-electron chi connectivity index (χ3n) is 4.45. The highest BCUT2D eigenvalue weighted by Gasteiger charge is 2.37. The molecule has 8 heteroatoms. The van der Waals surface area contributed by atoms with Gasteiger partial charge in [0.15, 0.2) is 0 Å². The van der Waals surface area contributed by atoms with Crippen LogP contribution < -0.4 is 5.11 Å². The van der Waals surface area contributed by atoms with Crippen molar-refractivity contribution in [1.82, 2.24) is 9.80 Å². The zero-order valence-electron chi connectivity index (χ0n) is 13.9. The van der Waals surface area contributed by atoms with E-state index in [9.17, 15) is 24.3 Å². The molecule has 2 saturated heterocycles. The minimum atomic E-state index is -1.10. The van der Waals surface area contributed by atoms with Crippen molar-refractivity contribution in [3.63, 3.8) is 0 Å². The van der Waals surface area contributed by atoms with Gasteiger partial charge in [-0.1, -0.05) is 30.3 Å². The molecule has 0 unspecified atom stereocenters. The number of imide groups is 1. The predicted octanol–water partition coefficient (Wildman–Crippen LogP) is 0.711. The first-order valence-corrected chi connectivity index (χ1v) is 9.06. The average molecular weight is 373 g/mol. The number of aliphatic carboxylic acids is 1. The van der Waals surface area contributed by atoms with E-state index in [1.807, 2.05) is 30.3 Å². The Morgan fingerprint density at radius 2 is 1.81 bits per heavy atom. The van der Waals surface area contributed by atoms with Crippen LogP contribution in [0.3, 0.4) is 0 Å². The first kappa shape index (κ1) is 18.2. The van der Waals surface area contributed by atoms with E-state index in [-0.39, 0.29) is 30.4 Å². The number of amides is 3. The quantitative estimate of drug-likeness (QED) is 0.721. The lowest BCUT2D eigenvalue weighted by atomic mass is 9.97. The molecule has 2 heterocycles. The van der Waals surface area contributed by atoms with E-state index in [4.69, 9.17) is 0 Å². The van der Waals surface area contributed by atoms with Crippen LogP contribution in [0.1, 0.15) is 18.4 Å². The molecule has 26 heavy (non-hydrogen) atoms. The van der Waals surface area contributed by atoms with E-state index in [1.165, 1.54) is 4.90 Å². The van der Waals surface area contributed by atoms with Crippen LogP contribution in [0.25, 0.3) is 6.08 Å². The highest BCUT2D eigenvalue weighted by atomic mass is 32.2. The van der Waals surface area contributed by atoms with Gasteiger partial charge in [0.2, 0.25) is 5.91 Å². The third kappa shape index (κ3) is 3.96. The number of rotatable bonds is 4. The standard InChI is InChI=1S/C18H18N2O5S/c21-15(19-8-6-13(7-9-19)17(23)24)11-20-16(22)14(26-18(20)25)10-12-4-2-1-3-5-12/h1-5,10,13H,6-9,11H2,(H,23,24)/p-1/b14-10-. The maximum Gasteiger partial charge on any atom is 0.294 e. The summed E-state index contributed by atoms with van der Waals surface area (Å²) in [5, 5.41) is 10.4. The summed E-state index contributed by atoms with van der Waals surface area (Å²) < 4.78 is 0. The monoisotopic (exact) mass is 373 g/mol. The number of thioether (sulfide) groups is 1. The smallest absolute Gasteiger partial charge is 0.294 e. The number of nitrogens with zero attached hydrogens (tertiary/aromatic N) is 2. The number of carboxylic acid groups (broad SMARTS) is 1. The van der Waals surface area contributed by atoms with Crippen LogP contribution in [0.4, 0.5) is 4.79 Å². The van der Waals surface area contributed by atoms with Gasteiger partial charge in [-0.05, 0) is 36.2 Å². The molecular formula is C18H17N2O5S-. The minimum absolute atomic E-state index is 0.282. The molecule has 0 N–H and O–H groups in total. The van der Waals surface area contributed by atoms with Gasteiger partial charge in [0.05, 0.1) is 4.91 Å². The van der Waals surface area contributed by atoms with Crippen LogP contribution in [0, 0.1) is 5.92 Å². The predicted molar refractivity (Wildman–Crippen MR) is 93.4 cm³/mol. The van der Waals surface area contributed by atoms with Crippen molar-refractivity contribution in [1.29, 1.82) is 0 Å². The van der Waals surface area contributed by atoms with E-state index < -0.39 is 23.0 Å². The summed E-state index contributed by atoms with van der Waals surface area (Å²) in [5.74, 6) is -2.49. The summed E-state index contributed by atoms with van der Waals surface area (Å²) in [7, 11) is 0. The Morgan fingerprint density at radius 1 is 1.15 bits per heavy atom. The molecule has 3 amide bonds. The molecule has 1 aromatic carbocycles. The number of hydrogen-bond donors (Lipinski definition) is 0. The normalized spacial score (nSPS) is 20.1. The molecular weight excluding hydrogens is 356 g/mol. The van der Waals surface area contributed by atoms with Crippen LogP contribution in [0.2, 0.25) is 0 Å². The number of benzene rings is 1. The molecule has 0 spiro atoms. The zero-order valence-corrected chi connectivity index (χ0v) is 14.7. The molecule has 7 nitrogen and oxygen atoms in total. The second-order valence-corrected chi connectivity index (χ2v) is 7.15. The van der Waals surface area contributed by atoms with Gasteiger partial charge in [0, 0.05) is 25.0 Å². The number of carboxylic acids is 1. The lowest BCUT2D eigenvalue weighted by Gasteiger charge is -2.33. The van der Waals surface area contributed by atoms with Crippen LogP contribution in [-0.4, -0.2) is 52.5 Å². The van der Waals surface area contributed by atoms with E-state index in [2.05, 4.69) is 0 Å². The second kappa shape index (κ2) is 7.74. The molecule has 2 fully saturated rings. The summed E-state index contributed by atoms with van der Waals surface area (Å²) in [4.78, 5) is 50.5. The topological polar surface area (TPSA) is 97.8 Å². The Kier molecular flexibility index (Phi) is 5.41. The Labute approximate surface area is 154 Å². The van der Waals surface area contributed by atoms with Gasteiger partial charge in [-0.3, -0.25) is 19.3 Å². The molecule has 2 aliphatic heterocycles. The summed E-state index contributed by atoms with van der Waals surface area (Å²) in [5.41, 5.74) is 0.800. The molecule has 0 aromatic heterocycles. The fourth-order valence-corrected chi connectivity index (χ4v) is 3.78.